The van der Waals surface area contributed by atoms with Crippen molar-refractivity contribution >= 4 is 0 Å². The highest BCUT2D eigenvalue weighted by atomic mass is 19.4. The van der Waals surface area contributed by atoms with E-state index in [-0.39, 0.29) is 6.54 Å². The number of halogens is 3. The van der Waals surface area contributed by atoms with Crippen molar-refractivity contribution in [3.8, 4) is 0 Å². The Morgan fingerprint density at radius 2 is 2.00 bits per heavy atom. The van der Waals surface area contributed by atoms with E-state index in [1.165, 1.54) is 4.90 Å². The molecule has 0 atom stereocenters. The molecule has 0 amide bonds. The molecule has 3 nitrogen and oxygen atoms in total. The van der Waals surface area contributed by atoms with Gasteiger partial charge in [0.25, 0.3) is 0 Å². The molecule has 1 aromatic rings. The second-order valence-electron chi connectivity index (χ2n) is 4.49. The summed E-state index contributed by atoms with van der Waals surface area (Å²) in [6, 6.07) is 1.83. The van der Waals surface area contributed by atoms with Crippen LogP contribution in [0.25, 0.3) is 0 Å². The Balaban J connectivity index is 2.66. The fourth-order valence-corrected chi connectivity index (χ4v) is 1.85. The number of alkyl halides is 3. The molecule has 1 heterocycles. The van der Waals surface area contributed by atoms with Crippen LogP contribution in [0.3, 0.4) is 0 Å². The number of aryl methyl sites for hydroxylation is 1. The third-order valence-electron chi connectivity index (χ3n) is 2.86. The summed E-state index contributed by atoms with van der Waals surface area (Å²) in [5.41, 5.74) is 0.819. The second kappa shape index (κ2) is 6.96. The van der Waals surface area contributed by atoms with Crippen LogP contribution in [0.15, 0.2) is 10.5 Å². The first-order valence-corrected chi connectivity index (χ1v) is 6.43. The first kappa shape index (κ1) is 16.0. The lowest BCUT2D eigenvalue weighted by Crippen LogP contribution is -2.33. The van der Waals surface area contributed by atoms with E-state index in [0.717, 1.165) is 17.9 Å². The minimum Gasteiger partial charge on any atom is -0.465 e. The van der Waals surface area contributed by atoms with Gasteiger partial charge in [-0.15, -0.1) is 0 Å². The highest BCUT2D eigenvalue weighted by molar-refractivity contribution is 5.20. The number of rotatable bonds is 7. The third-order valence-corrected chi connectivity index (χ3v) is 2.86. The molecular weight excluding hydrogens is 257 g/mol. The van der Waals surface area contributed by atoms with Gasteiger partial charge in [-0.1, -0.05) is 13.8 Å². The Morgan fingerprint density at radius 1 is 1.32 bits per heavy atom. The van der Waals surface area contributed by atoms with E-state index >= 15 is 0 Å². The zero-order valence-electron chi connectivity index (χ0n) is 11.6. The maximum Gasteiger partial charge on any atom is 0.401 e. The van der Waals surface area contributed by atoms with Gasteiger partial charge >= 0.3 is 6.18 Å². The van der Waals surface area contributed by atoms with Crippen molar-refractivity contribution in [1.82, 2.24) is 10.2 Å². The molecule has 6 heteroatoms. The fraction of sp³-hybridized carbons (Fsp3) is 0.692. The van der Waals surface area contributed by atoms with Gasteiger partial charge in [0, 0.05) is 12.1 Å². The molecule has 110 valence electrons. The SMILES string of the molecule is CCNCc1cc(CN(CC)CC(F)(F)F)c(C)o1. The van der Waals surface area contributed by atoms with E-state index in [9.17, 15) is 13.2 Å². The first-order chi connectivity index (χ1) is 8.85. The van der Waals surface area contributed by atoms with Crippen LogP contribution >= 0.6 is 0 Å². The zero-order valence-corrected chi connectivity index (χ0v) is 11.6. The normalized spacial score (nSPS) is 12.4. The molecule has 0 aliphatic rings. The minimum atomic E-state index is -4.17. The smallest absolute Gasteiger partial charge is 0.401 e. The first-order valence-electron chi connectivity index (χ1n) is 6.43. The van der Waals surface area contributed by atoms with Crippen molar-refractivity contribution in [2.75, 3.05) is 19.6 Å². The van der Waals surface area contributed by atoms with Gasteiger partial charge in [-0.3, -0.25) is 4.90 Å². The van der Waals surface area contributed by atoms with Crippen LogP contribution in [0.4, 0.5) is 13.2 Å². The van der Waals surface area contributed by atoms with E-state index in [4.69, 9.17) is 4.42 Å². The van der Waals surface area contributed by atoms with Gasteiger partial charge in [0.2, 0.25) is 0 Å². The zero-order chi connectivity index (χ0) is 14.5. The quantitative estimate of drug-likeness (QED) is 0.831. The summed E-state index contributed by atoms with van der Waals surface area (Å²) in [6.07, 6.45) is -4.17. The van der Waals surface area contributed by atoms with Crippen molar-refractivity contribution in [1.29, 1.82) is 0 Å². The molecule has 1 rings (SSSR count). The summed E-state index contributed by atoms with van der Waals surface area (Å²) >= 11 is 0. The Morgan fingerprint density at radius 3 is 2.53 bits per heavy atom. The van der Waals surface area contributed by atoms with Gasteiger partial charge in [0.1, 0.15) is 11.5 Å². The topological polar surface area (TPSA) is 28.4 Å². The summed E-state index contributed by atoms with van der Waals surface area (Å²) in [4.78, 5) is 1.36. The van der Waals surface area contributed by atoms with Gasteiger partial charge in [-0.05, 0) is 26.1 Å². The summed E-state index contributed by atoms with van der Waals surface area (Å²) in [5, 5.41) is 3.12. The number of nitrogens with zero attached hydrogens (tertiary/aromatic N) is 1. The lowest BCUT2D eigenvalue weighted by Gasteiger charge is -2.21. The molecule has 1 aromatic heterocycles. The van der Waals surface area contributed by atoms with Gasteiger partial charge < -0.3 is 9.73 Å². The highest BCUT2D eigenvalue weighted by Gasteiger charge is 2.30. The van der Waals surface area contributed by atoms with Crippen molar-refractivity contribution in [3.63, 3.8) is 0 Å². The van der Waals surface area contributed by atoms with Crippen LogP contribution in [0.5, 0.6) is 0 Å². The van der Waals surface area contributed by atoms with Gasteiger partial charge in [0.05, 0.1) is 13.1 Å². The Bertz CT molecular complexity index is 388. The molecule has 1 N–H and O–H groups in total. The minimum absolute atomic E-state index is 0.261. The molecule has 0 fully saturated rings. The number of nitrogens with one attached hydrogen (secondary N) is 1. The Hall–Kier alpha value is -1.01. The second-order valence-corrected chi connectivity index (χ2v) is 4.49. The molecule has 0 aliphatic carbocycles. The summed E-state index contributed by atoms with van der Waals surface area (Å²) < 4.78 is 42.7. The van der Waals surface area contributed by atoms with Crippen LogP contribution in [-0.2, 0) is 13.1 Å². The molecule has 0 saturated heterocycles. The van der Waals surface area contributed by atoms with Gasteiger partial charge in [0.15, 0.2) is 0 Å². The Labute approximate surface area is 111 Å². The average molecular weight is 278 g/mol. The van der Waals surface area contributed by atoms with E-state index < -0.39 is 12.7 Å². The van der Waals surface area contributed by atoms with Crippen molar-refractivity contribution < 1.29 is 17.6 Å². The van der Waals surface area contributed by atoms with Gasteiger partial charge in [-0.25, -0.2) is 0 Å². The maximum absolute atomic E-state index is 12.4. The number of hydrogen-bond acceptors (Lipinski definition) is 3. The molecule has 0 bridgehead atoms. The molecule has 19 heavy (non-hydrogen) atoms. The van der Waals surface area contributed by atoms with E-state index in [1.54, 1.807) is 13.8 Å². The summed E-state index contributed by atoms with van der Waals surface area (Å²) in [6.45, 7) is 6.64. The molecular formula is C13H21F3N2O. The van der Waals surface area contributed by atoms with Crippen LogP contribution in [0.1, 0.15) is 30.9 Å². The average Bonchev–Trinajstić information content (AvgIpc) is 2.65. The predicted molar refractivity (Wildman–Crippen MR) is 67.8 cm³/mol. The molecule has 0 spiro atoms. The third kappa shape index (κ3) is 5.65. The Kier molecular flexibility index (Phi) is 5.87. The fourth-order valence-electron chi connectivity index (χ4n) is 1.85. The summed E-state index contributed by atoms with van der Waals surface area (Å²) in [5.74, 6) is 1.45. The van der Waals surface area contributed by atoms with Gasteiger partial charge in [-0.2, -0.15) is 13.2 Å². The number of hydrogen-bond donors (Lipinski definition) is 1. The van der Waals surface area contributed by atoms with Crippen LogP contribution in [-0.4, -0.2) is 30.7 Å². The predicted octanol–water partition coefficient (Wildman–Crippen LogP) is 3.08. The molecule has 0 radical (unpaired) electrons. The molecule has 0 unspecified atom stereocenters. The molecule has 0 saturated carbocycles. The lowest BCUT2D eigenvalue weighted by molar-refractivity contribution is -0.146. The largest absolute Gasteiger partial charge is 0.465 e. The standard InChI is InChI=1S/C13H21F3N2O/c1-4-17-7-12-6-11(10(3)19-12)8-18(5-2)9-13(14,15)16/h6,17H,4-5,7-9H2,1-3H3. The van der Waals surface area contributed by atoms with Crippen molar-refractivity contribution in [2.24, 2.45) is 0 Å². The van der Waals surface area contributed by atoms with E-state index in [2.05, 4.69) is 5.32 Å². The van der Waals surface area contributed by atoms with Crippen molar-refractivity contribution in [3.05, 3.63) is 23.2 Å². The lowest BCUT2D eigenvalue weighted by atomic mass is 10.2. The van der Waals surface area contributed by atoms with Crippen LogP contribution < -0.4 is 5.32 Å². The maximum atomic E-state index is 12.4. The highest BCUT2D eigenvalue weighted by Crippen LogP contribution is 2.21. The number of furan rings is 1. The van der Waals surface area contributed by atoms with Crippen molar-refractivity contribution in [2.45, 2.75) is 40.0 Å². The van der Waals surface area contributed by atoms with E-state index in [0.29, 0.717) is 18.8 Å². The van der Waals surface area contributed by atoms with E-state index in [1.807, 2.05) is 13.0 Å². The summed E-state index contributed by atoms with van der Waals surface area (Å²) in [7, 11) is 0. The van der Waals surface area contributed by atoms with Crippen LogP contribution in [0, 0.1) is 6.92 Å². The molecule has 0 aromatic carbocycles. The van der Waals surface area contributed by atoms with Crippen LogP contribution in [0.2, 0.25) is 0 Å². The molecule has 0 aliphatic heterocycles. The monoisotopic (exact) mass is 278 g/mol.